The first-order chi connectivity index (χ1) is 9.56. The average molecular weight is 338 g/mol. The van der Waals surface area contributed by atoms with Crippen LogP contribution in [0.15, 0.2) is 47.6 Å². The van der Waals surface area contributed by atoms with E-state index in [-0.39, 0.29) is 10.4 Å². The summed E-state index contributed by atoms with van der Waals surface area (Å²) in [6, 6.07) is 7.15. The standard InChI is InChI=1S/C14H13BrFN3O/c1-3-13(20)18(4-2)10-6-5-7-11(8-10)19-9-12(15)14(16)17-19/h3,5-9H,1,4H2,2H3. The molecule has 0 unspecified atom stereocenters. The summed E-state index contributed by atoms with van der Waals surface area (Å²) in [6.45, 7) is 5.88. The van der Waals surface area contributed by atoms with Crippen LogP contribution in [0.1, 0.15) is 6.92 Å². The first-order valence-corrected chi connectivity index (χ1v) is 6.81. The highest BCUT2D eigenvalue weighted by Crippen LogP contribution is 2.21. The molecule has 2 rings (SSSR count). The zero-order valence-electron chi connectivity index (χ0n) is 10.9. The molecule has 0 bridgehead atoms. The minimum Gasteiger partial charge on any atom is -0.309 e. The third-order valence-electron chi connectivity index (χ3n) is 2.79. The zero-order chi connectivity index (χ0) is 14.7. The molecule has 0 aliphatic heterocycles. The molecule has 0 N–H and O–H groups in total. The molecule has 0 atom stereocenters. The third kappa shape index (κ3) is 2.80. The molecule has 0 aliphatic rings. The van der Waals surface area contributed by atoms with Crippen molar-refractivity contribution in [1.29, 1.82) is 0 Å². The summed E-state index contributed by atoms with van der Waals surface area (Å²) in [5.41, 5.74) is 1.38. The number of halogens is 2. The number of carbonyl (C=O) groups is 1. The van der Waals surface area contributed by atoms with Gasteiger partial charge in [-0.05, 0) is 47.1 Å². The fourth-order valence-electron chi connectivity index (χ4n) is 1.84. The lowest BCUT2D eigenvalue weighted by Crippen LogP contribution is -2.28. The Morgan fingerprint density at radius 2 is 2.35 bits per heavy atom. The molecule has 0 aliphatic carbocycles. The van der Waals surface area contributed by atoms with Gasteiger partial charge in [-0.1, -0.05) is 12.6 Å². The lowest BCUT2D eigenvalue weighted by molar-refractivity contribution is -0.114. The lowest BCUT2D eigenvalue weighted by Gasteiger charge is -2.19. The van der Waals surface area contributed by atoms with E-state index in [1.807, 2.05) is 13.0 Å². The summed E-state index contributed by atoms with van der Waals surface area (Å²) in [5, 5.41) is 3.75. The topological polar surface area (TPSA) is 38.1 Å². The van der Waals surface area contributed by atoms with Crippen molar-refractivity contribution in [3.05, 3.63) is 53.5 Å². The van der Waals surface area contributed by atoms with E-state index in [9.17, 15) is 9.18 Å². The van der Waals surface area contributed by atoms with Crippen molar-refractivity contribution in [3.63, 3.8) is 0 Å². The summed E-state index contributed by atoms with van der Waals surface area (Å²) in [6.07, 6.45) is 2.79. The summed E-state index contributed by atoms with van der Waals surface area (Å²) in [5.74, 6) is -0.762. The van der Waals surface area contributed by atoms with Crippen LogP contribution in [0.3, 0.4) is 0 Å². The molecule has 104 valence electrons. The van der Waals surface area contributed by atoms with Gasteiger partial charge in [-0.25, -0.2) is 4.68 Å². The predicted molar refractivity (Wildman–Crippen MR) is 79.4 cm³/mol. The van der Waals surface area contributed by atoms with Crippen molar-refractivity contribution in [3.8, 4) is 5.69 Å². The van der Waals surface area contributed by atoms with Crippen molar-refractivity contribution < 1.29 is 9.18 Å². The highest BCUT2D eigenvalue weighted by Gasteiger charge is 2.12. The predicted octanol–water partition coefficient (Wildman–Crippen LogP) is 3.31. The molecule has 0 saturated carbocycles. The Labute approximate surface area is 124 Å². The number of amides is 1. The van der Waals surface area contributed by atoms with Crippen LogP contribution >= 0.6 is 15.9 Å². The van der Waals surface area contributed by atoms with Gasteiger partial charge in [-0.15, -0.1) is 5.10 Å². The molecule has 0 radical (unpaired) electrons. The van der Waals surface area contributed by atoms with Gasteiger partial charge in [0.05, 0.1) is 10.2 Å². The molecule has 1 heterocycles. The van der Waals surface area contributed by atoms with E-state index in [0.29, 0.717) is 17.9 Å². The molecule has 1 amide bonds. The van der Waals surface area contributed by atoms with Gasteiger partial charge in [0.1, 0.15) is 0 Å². The molecule has 20 heavy (non-hydrogen) atoms. The van der Waals surface area contributed by atoms with Crippen LogP contribution in [0.4, 0.5) is 10.1 Å². The average Bonchev–Trinajstić information content (AvgIpc) is 2.79. The second-order valence-electron chi connectivity index (χ2n) is 4.02. The molecule has 0 saturated heterocycles. The first-order valence-electron chi connectivity index (χ1n) is 6.02. The molecule has 1 aromatic heterocycles. The fourth-order valence-corrected chi connectivity index (χ4v) is 2.12. The molecule has 0 fully saturated rings. The summed E-state index contributed by atoms with van der Waals surface area (Å²) in [7, 11) is 0. The monoisotopic (exact) mass is 337 g/mol. The van der Waals surface area contributed by atoms with Crippen LogP contribution in [-0.4, -0.2) is 22.2 Å². The Balaban J connectivity index is 2.41. The van der Waals surface area contributed by atoms with E-state index in [1.165, 1.54) is 17.0 Å². The van der Waals surface area contributed by atoms with Crippen molar-refractivity contribution in [2.45, 2.75) is 6.92 Å². The van der Waals surface area contributed by atoms with Gasteiger partial charge in [0.25, 0.3) is 0 Å². The maximum atomic E-state index is 13.3. The van der Waals surface area contributed by atoms with E-state index in [1.54, 1.807) is 23.1 Å². The van der Waals surface area contributed by atoms with Gasteiger partial charge in [-0.3, -0.25) is 4.79 Å². The Hall–Kier alpha value is -1.95. The Kier molecular flexibility index (Phi) is 4.34. The van der Waals surface area contributed by atoms with Crippen LogP contribution in [0.25, 0.3) is 5.69 Å². The summed E-state index contributed by atoms with van der Waals surface area (Å²) >= 11 is 3.07. The minimum absolute atomic E-state index is 0.183. The minimum atomic E-state index is -0.579. The van der Waals surface area contributed by atoms with Gasteiger partial charge in [0.2, 0.25) is 11.9 Å². The fraction of sp³-hybridized carbons (Fsp3) is 0.143. The Bertz CT molecular complexity index is 634. The van der Waals surface area contributed by atoms with Crippen molar-refractivity contribution in [1.82, 2.24) is 9.78 Å². The number of benzene rings is 1. The van der Waals surface area contributed by atoms with E-state index >= 15 is 0 Å². The summed E-state index contributed by atoms with van der Waals surface area (Å²) < 4.78 is 15.0. The summed E-state index contributed by atoms with van der Waals surface area (Å²) in [4.78, 5) is 13.3. The number of rotatable bonds is 4. The molecule has 1 aromatic carbocycles. The number of hydrogen-bond donors (Lipinski definition) is 0. The van der Waals surface area contributed by atoms with Crippen LogP contribution in [0, 0.1) is 5.95 Å². The van der Waals surface area contributed by atoms with Crippen LogP contribution in [-0.2, 0) is 4.79 Å². The largest absolute Gasteiger partial charge is 0.309 e. The molecule has 4 nitrogen and oxygen atoms in total. The highest BCUT2D eigenvalue weighted by atomic mass is 79.9. The second-order valence-corrected chi connectivity index (χ2v) is 4.87. The van der Waals surface area contributed by atoms with Gasteiger partial charge >= 0.3 is 0 Å². The van der Waals surface area contributed by atoms with Gasteiger partial charge in [-0.2, -0.15) is 4.39 Å². The van der Waals surface area contributed by atoms with Crippen molar-refractivity contribution in [2.24, 2.45) is 0 Å². The maximum Gasteiger partial charge on any atom is 0.250 e. The normalized spacial score (nSPS) is 10.3. The maximum absolute atomic E-state index is 13.3. The number of nitrogens with zero attached hydrogens (tertiary/aromatic N) is 3. The van der Waals surface area contributed by atoms with Gasteiger partial charge in [0, 0.05) is 18.4 Å². The molecular weight excluding hydrogens is 325 g/mol. The SMILES string of the molecule is C=CC(=O)N(CC)c1cccc(-n2cc(Br)c(F)n2)c1. The Morgan fingerprint density at radius 3 is 2.90 bits per heavy atom. The number of anilines is 1. The molecular formula is C14H13BrFN3O. The third-order valence-corrected chi connectivity index (χ3v) is 3.32. The molecule has 2 aromatic rings. The van der Waals surface area contributed by atoms with Gasteiger partial charge < -0.3 is 4.90 Å². The Morgan fingerprint density at radius 1 is 1.60 bits per heavy atom. The van der Waals surface area contributed by atoms with E-state index < -0.39 is 5.95 Å². The van der Waals surface area contributed by atoms with Crippen molar-refractivity contribution >= 4 is 27.5 Å². The van der Waals surface area contributed by atoms with E-state index in [4.69, 9.17) is 0 Å². The van der Waals surface area contributed by atoms with Crippen molar-refractivity contribution in [2.75, 3.05) is 11.4 Å². The van der Waals surface area contributed by atoms with Crippen LogP contribution in [0.2, 0.25) is 0 Å². The van der Waals surface area contributed by atoms with E-state index in [2.05, 4.69) is 27.6 Å². The number of aromatic nitrogens is 2. The van der Waals surface area contributed by atoms with Gasteiger partial charge in [0.15, 0.2) is 0 Å². The second kappa shape index (κ2) is 6.00. The van der Waals surface area contributed by atoms with E-state index in [0.717, 1.165) is 0 Å². The zero-order valence-corrected chi connectivity index (χ0v) is 12.5. The number of likely N-dealkylation sites (N-methyl/N-ethyl adjacent to an activating group) is 1. The molecule has 6 heteroatoms. The highest BCUT2D eigenvalue weighted by molar-refractivity contribution is 9.10. The number of carbonyl (C=O) groups excluding carboxylic acids is 1. The quantitative estimate of drug-likeness (QED) is 0.802. The first kappa shape index (κ1) is 14.5. The molecule has 0 spiro atoms. The van der Waals surface area contributed by atoms with Crippen LogP contribution in [0.5, 0.6) is 0 Å². The number of hydrogen-bond acceptors (Lipinski definition) is 2. The smallest absolute Gasteiger partial charge is 0.250 e. The van der Waals surface area contributed by atoms with Crippen LogP contribution < -0.4 is 4.90 Å². The lowest BCUT2D eigenvalue weighted by atomic mass is 10.2.